The lowest BCUT2D eigenvalue weighted by Crippen LogP contribution is -2.54. The minimum absolute atomic E-state index is 0.532. The maximum atomic E-state index is 4.04. The van der Waals surface area contributed by atoms with Gasteiger partial charge in [0.15, 0.2) is 0 Å². The smallest absolute Gasteiger partial charge is 0.0126 e. The van der Waals surface area contributed by atoms with Crippen LogP contribution in [0, 0.1) is 34.5 Å². The third kappa shape index (κ3) is 2.14. The minimum atomic E-state index is 0.532. The Hall–Kier alpha value is -0.300. The Morgan fingerprint density at radius 2 is 1.74 bits per heavy atom. The third-order valence-corrected chi connectivity index (χ3v) is 9.14. The molecular weight excluding hydrogens is 278 g/mol. The van der Waals surface area contributed by atoms with Crippen molar-refractivity contribution in [2.24, 2.45) is 34.5 Å². The Kier molecular flexibility index (Phi) is 3.32. The van der Waals surface area contributed by atoms with Gasteiger partial charge in [-0.3, -0.25) is 0 Å². The van der Waals surface area contributed by atoms with Crippen molar-refractivity contribution in [2.45, 2.75) is 90.1 Å². The summed E-state index contributed by atoms with van der Waals surface area (Å²) in [5, 5.41) is 4.04. The summed E-state index contributed by atoms with van der Waals surface area (Å²) in [5.74, 6) is 3.99. The Bertz CT molecular complexity index is 506. The number of fused-ring (bicyclic) bond motifs is 5. The molecule has 0 aromatic rings. The van der Waals surface area contributed by atoms with Gasteiger partial charge in [0, 0.05) is 12.1 Å². The first-order valence-electron chi connectivity index (χ1n) is 10.5. The molecular formula is C22H35N. The number of allylic oxidation sites excluding steroid dienone is 2. The van der Waals surface area contributed by atoms with Gasteiger partial charge in [0.1, 0.15) is 0 Å². The van der Waals surface area contributed by atoms with E-state index in [9.17, 15) is 0 Å². The zero-order valence-electron chi connectivity index (χ0n) is 15.2. The summed E-state index contributed by atoms with van der Waals surface area (Å²) < 4.78 is 0. The average Bonchev–Trinajstić information content (AvgIpc) is 3.29. The Morgan fingerprint density at radius 1 is 0.870 bits per heavy atom. The minimum Gasteiger partial charge on any atom is -0.311 e. The van der Waals surface area contributed by atoms with E-state index in [2.05, 4.69) is 31.3 Å². The predicted octanol–water partition coefficient (Wildman–Crippen LogP) is 5.32. The second-order valence-corrected chi connectivity index (χ2v) is 10.1. The summed E-state index contributed by atoms with van der Waals surface area (Å²) >= 11 is 0. The number of nitrogens with one attached hydrogen (secondary N) is 1. The van der Waals surface area contributed by atoms with Crippen molar-refractivity contribution in [2.75, 3.05) is 0 Å². The molecule has 128 valence electrons. The molecule has 0 spiro atoms. The molecule has 0 aromatic heterocycles. The molecule has 1 N–H and O–H groups in total. The van der Waals surface area contributed by atoms with Gasteiger partial charge < -0.3 is 5.32 Å². The van der Waals surface area contributed by atoms with Gasteiger partial charge in [-0.1, -0.05) is 26.0 Å². The quantitative estimate of drug-likeness (QED) is 0.681. The fraction of sp³-hybridized carbons (Fsp3) is 0.909. The topological polar surface area (TPSA) is 12.0 Å². The van der Waals surface area contributed by atoms with Crippen LogP contribution in [-0.2, 0) is 0 Å². The van der Waals surface area contributed by atoms with E-state index < -0.39 is 0 Å². The number of rotatable bonds is 2. The zero-order valence-corrected chi connectivity index (χ0v) is 15.2. The molecule has 1 heteroatoms. The summed E-state index contributed by atoms with van der Waals surface area (Å²) in [6.07, 6.45) is 19.8. The maximum Gasteiger partial charge on any atom is 0.0126 e. The highest BCUT2D eigenvalue weighted by atomic mass is 15.0. The van der Waals surface area contributed by atoms with Gasteiger partial charge in [0.2, 0.25) is 0 Å². The van der Waals surface area contributed by atoms with Crippen LogP contribution in [0.5, 0.6) is 0 Å². The van der Waals surface area contributed by atoms with E-state index in [0.29, 0.717) is 10.8 Å². The summed E-state index contributed by atoms with van der Waals surface area (Å²) in [6.45, 7) is 5.29. The Balaban J connectivity index is 1.42. The van der Waals surface area contributed by atoms with Crippen LogP contribution in [-0.4, -0.2) is 12.1 Å². The van der Waals surface area contributed by atoms with Crippen molar-refractivity contribution in [3.63, 3.8) is 0 Å². The van der Waals surface area contributed by atoms with Crippen LogP contribution in [0.3, 0.4) is 0 Å². The Labute approximate surface area is 142 Å². The van der Waals surface area contributed by atoms with Crippen LogP contribution in [0.4, 0.5) is 0 Å². The van der Waals surface area contributed by atoms with E-state index in [0.717, 1.165) is 35.8 Å². The molecule has 4 fully saturated rings. The fourth-order valence-corrected chi connectivity index (χ4v) is 7.63. The predicted molar refractivity (Wildman–Crippen MR) is 96.2 cm³/mol. The van der Waals surface area contributed by atoms with E-state index in [1.54, 1.807) is 0 Å². The molecule has 0 saturated heterocycles. The first-order valence-corrected chi connectivity index (χ1v) is 10.5. The molecule has 5 aliphatic carbocycles. The zero-order chi connectivity index (χ0) is 15.7. The van der Waals surface area contributed by atoms with E-state index in [-0.39, 0.29) is 0 Å². The summed E-state index contributed by atoms with van der Waals surface area (Å²) in [5.41, 5.74) is 1.13. The number of hydrogen-bond acceptors (Lipinski definition) is 1. The standard InChI is InChI=1S/C22H35N/c1-21-13-4-3-5-15(21)6-9-17-18-10-11-20(23-16-7-8-16)22(18,2)14-12-19(17)21/h4,13,15-20,23H,3,5-12,14H2,1-2H3/t15?,17-,18-,19-,20-,21-,22-/m0/s1. The molecule has 4 saturated carbocycles. The van der Waals surface area contributed by atoms with E-state index in [4.69, 9.17) is 0 Å². The lowest BCUT2D eigenvalue weighted by molar-refractivity contribution is -0.0738. The normalized spacial score (nSPS) is 55.1. The second-order valence-electron chi connectivity index (χ2n) is 10.1. The molecule has 0 aromatic carbocycles. The average molecular weight is 314 g/mol. The van der Waals surface area contributed by atoms with Gasteiger partial charge in [-0.25, -0.2) is 0 Å². The van der Waals surface area contributed by atoms with Crippen molar-refractivity contribution in [3.05, 3.63) is 12.2 Å². The van der Waals surface area contributed by atoms with Crippen molar-refractivity contribution in [1.29, 1.82) is 0 Å². The lowest BCUT2D eigenvalue weighted by atomic mass is 9.46. The molecule has 5 aliphatic rings. The monoisotopic (exact) mass is 313 g/mol. The van der Waals surface area contributed by atoms with Crippen LogP contribution in [0.15, 0.2) is 12.2 Å². The summed E-state index contributed by atoms with van der Waals surface area (Å²) in [4.78, 5) is 0. The van der Waals surface area contributed by atoms with Crippen LogP contribution in [0.25, 0.3) is 0 Å². The molecule has 5 rings (SSSR count). The fourth-order valence-electron chi connectivity index (χ4n) is 7.63. The highest BCUT2D eigenvalue weighted by Gasteiger charge is 2.59. The number of hydrogen-bond donors (Lipinski definition) is 1. The van der Waals surface area contributed by atoms with Crippen molar-refractivity contribution in [1.82, 2.24) is 5.32 Å². The van der Waals surface area contributed by atoms with Gasteiger partial charge in [-0.15, -0.1) is 0 Å². The van der Waals surface area contributed by atoms with E-state index in [1.807, 2.05) is 0 Å². The molecule has 0 bridgehead atoms. The molecule has 0 heterocycles. The van der Waals surface area contributed by atoms with Gasteiger partial charge in [0.05, 0.1) is 0 Å². The van der Waals surface area contributed by atoms with Crippen molar-refractivity contribution < 1.29 is 0 Å². The summed E-state index contributed by atoms with van der Waals surface area (Å²) in [7, 11) is 0. The molecule has 0 radical (unpaired) electrons. The molecule has 1 nitrogen and oxygen atoms in total. The van der Waals surface area contributed by atoms with E-state index in [1.165, 1.54) is 64.2 Å². The maximum absolute atomic E-state index is 4.04. The molecule has 7 atom stereocenters. The highest BCUT2D eigenvalue weighted by Crippen LogP contribution is 2.65. The van der Waals surface area contributed by atoms with Gasteiger partial charge in [-0.05, 0) is 98.7 Å². The second kappa shape index (κ2) is 5.10. The third-order valence-electron chi connectivity index (χ3n) is 9.14. The van der Waals surface area contributed by atoms with Gasteiger partial charge in [0.25, 0.3) is 0 Å². The van der Waals surface area contributed by atoms with Gasteiger partial charge >= 0.3 is 0 Å². The van der Waals surface area contributed by atoms with Gasteiger partial charge in [-0.2, -0.15) is 0 Å². The first kappa shape index (κ1) is 15.0. The van der Waals surface area contributed by atoms with Crippen LogP contribution in [0.1, 0.15) is 78.1 Å². The van der Waals surface area contributed by atoms with Crippen molar-refractivity contribution in [3.8, 4) is 0 Å². The first-order chi connectivity index (χ1) is 11.1. The molecule has 1 unspecified atom stereocenters. The summed E-state index contributed by atoms with van der Waals surface area (Å²) in [6, 6.07) is 1.70. The van der Waals surface area contributed by atoms with Crippen molar-refractivity contribution >= 4 is 0 Å². The van der Waals surface area contributed by atoms with Crippen LogP contribution >= 0.6 is 0 Å². The molecule has 0 amide bonds. The highest BCUT2D eigenvalue weighted by molar-refractivity contribution is 5.16. The molecule has 0 aliphatic heterocycles. The van der Waals surface area contributed by atoms with Crippen LogP contribution < -0.4 is 5.32 Å². The van der Waals surface area contributed by atoms with Crippen LogP contribution in [0.2, 0.25) is 0 Å². The lowest BCUT2D eigenvalue weighted by Gasteiger charge is -2.59. The van der Waals surface area contributed by atoms with E-state index >= 15 is 0 Å². The SMILES string of the molecule is C[C@]12CC[C@H]3[C@@H](CCC4CCC=C[C@@]43C)[C@@H]1CC[C@@H]2NC1CC1. The Morgan fingerprint density at radius 3 is 2.57 bits per heavy atom. The molecule has 23 heavy (non-hydrogen) atoms. The largest absolute Gasteiger partial charge is 0.311 e.